The molecule has 2 aliphatic rings. The Morgan fingerprint density at radius 1 is 0.912 bits per heavy atom. The molecule has 0 bridgehead atoms. The Morgan fingerprint density at radius 3 is 2.29 bits per heavy atom. The maximum Gasteiger partial charge on any atom is 0.340 e. The van der Waals surface area contributed by atoms with E-state index in [1.807, 2.05) is 60.7 Å². The average molecular weight is 497 g/mol. The first-order valence-corrected chi connectivity index (χ1v) is 12.3. The van der Waals surface area contributed by atoms with Crippen molar-refractivity contribution in [3.05, 3.63) is 89.0 Å². The number of rotatable bonds is 6. The smallest absolute Gasteiger partial charge is 0.340 e. The van der Waals surface area contributed by atoms with Gasteiger partial charge in [-0.15, -0.1) is 0 Å². The number of halogens is 2. The summed E-state index contributed by atoms with van der Waals surface area (Å²) >= 11 is 13.5. The molecular weight excluding hydrogens is 471 g/mol. The number of carbonyl (C=O) groups is 1. The zero-order chi connectivity index (χ0) is 24.0. The number of ether oxygens (including phenoxy) is 2. The number of para-hydroxylation sites is 1. The molecule has 3 aromatic rings. The molecule has 2 heterocycles. The third-order valence-corrected chi connectivity index (χ3v) is 7.92. The van der Waals surface area contributed by atoms with Gasteiger partial charge in [-0.3, -0.25) is 9.32 Å². The Kier molecular flexibility index (Phi) is 5.96. The van der Waals surface area contributed by atoms with E-state index in [4.69, 9.17) is 32.9 Å². The summed E-state index contributed by atoms with van der Waals surface area (Å²) in [4.78, 5) is 15.2. The number of nitrogens with zero attached hydrogens (tertiary/aromatic N) is 2. The molecule has 3 unspecified atom stereocenters. The summed E-state index contributed by atoms with van der Waals surface area (Å²) in [6, 6.07) is 20.8. The normalized spacial score (nSPS) is 19.6. The first kappa shape index (κ1) is 23.0. The van der Waals surface area contributed by atoms with E-state index in [-0.39, 0.29) is 12.0 Å². The van der Waals surface area contributed by atoms with E-state index < -0.39 is 11.1 Å². The molecule has 2 aliphatic heterocycles. The van der Waals surface area contributed by atoms with Crippen molar-refractivity contribution in [1.29, 1.82) is 0 Å². The van der Waals surface area contributed by atoms with E-state index in [9.17, 15) is 4.79 Å². The van der Waals surface area contributed by atoms with Gasteiger partial charge in [-0.2, -0.15) is 0 Å². The predicted octanol–water partition coefficient (Wildman–Crippen LogP) is 6.51. The topological polar surface area (TPSA) is 42.0 Å². The molecule has 34 heavy (non-hydrogen) atoms. The number of esters is 1. The Hall–Kier alpha value is -2.73. The molecule has 5 nitrogen and oxygen atoms in total. The van der Waals surface area contributed by atoms with E-state index in [1.165, 1.54) is 4.42 Å². The van der Waals surface area contributed by atoms with Crippen LogP contribution >= 0.6 is 23.4 Å². The summed E-state index contributed by atoms with van der Waals surface area (Å²) in [5, 5.41) is 0. The lowest BCUT2D eigenvalue weighted by Gasteiger charge is -2.37. The standard InChI is InChI=1S/C27H26Cl2N2O3/c1-4-30(5-2)17(3)25(28)31(29)18-14-15-22-24(16-18)33-23-13-9-8-12-21(23)27(22)20-11-7-6-10-19(20)26(32)34-27/h6-17,25H,4-5H2,1-3H3. The van der Waals surface area contributed by atoms with Gasteiger partial charge in [0.25, 0.3) is 0 Å². The van der Waals surface area contributed by atoms with Crippen LogP contribution in [0.1, 0.15) is 47.8 Å². The van der Waals surface area contributed by atoms with Gasteiger partial charge < -0.3 is 9.47 Å². The van der Waals surface area contributed by atoms with Gasteiger partial charge in [0.15, 0.2) is 5.60 Å². The molecule has 0 aliphatic carbocycles. The summed E-state index contributed by atoms with van der Waals surface area (Å²) < 4.78 is 14.0. The number of hydrogen-bond acceptors (Lipinski definition) is 5. The van der Waals surface area contributed by atoms with Crippen LogP contribution in [0.2, 0.25) is 0 Å². The van der Waals surface area contributed by atoms with E-state index in [2.05, 4.69) is 25.7 Å². The largest absolute Gasteiger partial charge is 0.456 e. The highest BCUT2D eigenvalue weighted by Gasteiger charge is 2.53. The van der Waals surface area contributed by atoms with Gasteiger partial charge in [-0.05, 0) is 44.3 Å². The van der Waals surface area contributed by atoms with Crippen LogP contribution in [0.3, 0.4) is 0 Å². The van der Waals surface area contributed by atoms with Crippen molar-refractivity contribution >= 4 is 35.0 Å². The number of hydrogen-bond donors (Lipinski definition) is 0. The Morgan fingerprint density at radius 2 is 1.56 bits per heavy atom. The molecular formula is C27H26Cl2N2O3. The van der Waals surface area contributed by atoms with Gasteiger partial charge in [0.2, 0.25) is 0 Å². The summed E-state index contributed by atoms with van der Waals surface area (Å²) in [5.41, 5.74) is 2.06. The van der Waals surface area contributed by atoms with Crippen molar-refractivity contribution in [3.8, 4) is 11.5 Å². The van der Waals surface area contributed by atoms with E-state index >= 15 is 0 Å². The number of anilines is 1. The fourth-order valence-electron chi connectivity index (χ4n) is 5.05. The molecule has 7 heteroatoms. The fraction of sp³-hybridized carbons (Fsp3) is 0.296. The van der Waals surface area contributed by atoms with Crippen molar-refractivity contribution in [1.82, 2.24) is 4.90 Å². The molecule has 5 rings (SSSR count). The second kappa shape index (κ2) is 8.81. The van der Waals surface area contributed by atoms with Crippen LogP contribution in [-0.2, 0) is 10.3 Å². The summed E-state index contributed by atoms with van der Waals surface area (Å²) in [6.07, 6.45) is 0. The highest BCUT2D eigenvalue weighted by atomic mass is 35.5. The number of alkyl halides is 1. The van der Waals surface area contributed by atoms with Crippen LogP contribution in [0.5, 0.6) is 11.5 Å². The van der Waals surface area contributed by atoms with Gasteiger partial charge >= 0.3 is 5.97 Å². The molecule has 3 atom stereocenters. The van der Waals surface area contributed by atoms with E-state index in [0.717, 1.165) is 29.8 Å². The number of carbonyl (C=O) groups excluding carboxylic acids is 1. The molecule has 0 saturated carbocycles. The van der Waals surface area contributed by atoms with E-state index in [1.54, 1.807) is 6.07 Å². The van der Waals surface area contributed by atoms with E-state index in [0.29, 0.717) is 22.7 Å². The highest BCUT2D eigenvalue weighted by Crippen LogP contribution is 2.56. The first-order chi connectivity index (χ1) is 16.4. The Balaban J connectivity index is 1.61. The van der Waals surface area contributed by atoms with Gasteiger partial charge in [-0.25, -0.2) is 4.79 Å². The lowest BCUT2D eigenvalue weighted by Crippen LogP contribution is -2.44. The number of fused-ring (bicyclic) bond motifs is 6. The van der Waals surface area contributed by atoms with Crippen LogP contribution in [-0.4, -0.2) is 35.5 Å². The molecule has 0 saturated heterocycles. The predicted molar refractivity (Wildman–Crippen MR) is 135 cm³/mol. The third kappa shape index (κ3) is 3.37. The Labute approximate surface area is 209 Å². The lowest BCUT2D eigenvalue weighted by atomic mass is 9.77. The lowest BCUT2D eigenvalue weighted by molar-refractivity contribution is 0.0224. The summed E-state index contributed by atoms with van der Waals surface area (Å²) in [7, 11) is 0. The molecule has 0 aromatic heterocycles. The van der Waals surface area contributed by atoms with Crippen LogP contribution < -0.4 is 9.16 Å². The second-order valence-corrected chi connectivity index (χ2v) is 9.35. The van der Waals surface area contributed by atoms with Gasteiger partial charge in [0, 0.05) is 40.6 Å². The minimum atomic E-state index is -1.08. The van der Waals surface area contributed by atoms with Crippen molar-refractivity contribution in [3.63, 3.8) is 0 Å². The highest BCUT2D eigenvalue weighted by molar-refractivity contribution is 6.33. The molecule has 0 N–H and O–H groups in total. The zero-order valence-corrected chi connectivity index (χ0v) is 20.8. The molecule has 3 aromatic carbocycles. The van der Waals surface area contributed by atoms with Crippen LogP contribution in [0.25, 0.3) is 0 Å². The molecule has 1 spiro atoms. The quantitative estimate of drug-likeness (QED) is 0.168. The number of benzene rings is 3. The minimum absolute atomic E-state index is 0.0286. The maximum atomic E-state index is 12.9. The molecule has 0 fully saturated rings. The van der Waals surface area contributed by atoms with Crippen LogP contribution in [0, 0.1) is 0 Å². The van der Waals surface area contributed by atoms with Crippen molar-refractivity contribution in [2.24, 2.45) is 0 Å². The van der Waals surface area contributed by atoms with Crippen LogP contribution in [0.15, 0.2) is 66.7 Å². The van der Waals surface area contributed by atoms with Crippen LogP contribution in [0.4, 0.5) is 5.69 Å². The summed E-state index contributed by atoms with van der Waals surface area (Å²) in [5.74, 6) is 0.859. The summed E-state index contributed by atoms with van der Waals surface area (Å²) in [6.45, 7) is 8.03. The second-order valence-electron chi connectivity index (χ2n) is 8.54. The van der Waals surface area contributed by atoms with Gasteiger partial charge in [0.05, 0.1) is 11.3 Å². The molecule has 176 valence electrons. The SMILES string of the molecule is CCN(CC)C(C)C(Cl)N(Cl)c1ccc2c(c1)Oc1ccccc1C21OC(=O)c2ccccc21. The van der Waals surface area contributed by atoms with Gasteiger partial charge in [-0.1, -0.05) is 61.8 Å². The monoisotopic (exact) mass is 496 g/mol. The fourth-order valence-corrected chi connectivity index (χ4v) is 5.59. The first-order valence-electron chi connectivity index (χ1n) is 11.5. The maximum absolute atomic E-state index is 12.9. The van der Waals surface area contributed by atoms with Crippen molar-refractivity contribution < 1.29 is 14.3 Å². The zero-order valence-electron chi connectivity index (χ0n) is 19.3. The van der Waals surface area contributed by atoms with Crippen molar-refractivity contribution in [2.45, 2.75) is 37.9 Å². The average Bonchev–Trinajstić information content (AvgIpc) is 3.16. The Bertz CT molecular complexity index is 1250. The molecule has 0 radical (unpaired) electrons. The van der Waals surface area contributed by atoms with Gasteiger partial charge in [0.1, 0.15) is 17.0 Å². The number of likely N-dealkylation sites (N-methyl/N-ethyl adjacent to an activating group) is 1. The molecule has 0 amide bonds. The van der Waals surface area contributed by atoms with Crippen molar-refractivity contribution in [2.75, 3.05) is 17.5 Å². The third-order valence-electron chi connectivity index (χ3n) is 6.85. The minimum Gasteiger partial charge on any atom is -0.456 e.